The predicted octanol–water partition coefficient (Wildman–Crippen LogP) is 1.19. The maximum absolute atomic E-state index is 10.9. The van der Waals surface area contributed by atoms with Crippen LogP contribution in [-0.2, 0) is 6.42 Å². The number of benzene rings is 1. The molecule has 1 aromatic carbocycles. The molecule has 2 N–H and O–H groups in total. The lowest BCUT2D eigenvalue weighted by atomic mass is 10.0. The summed E-state index contributed by atoms with van der Waals surface area (Å²) in [6.07, 6.45) is 0.614. The first-order chi connectivity index (χ1) is 7.00. The third kappa shape index (κ3) is 3.25. The Morgan fingerprint density at radius 2 is 2.07 bits per heavy atom. The van der Waals surface area contributed by atoms with Crippen LogP contribution < -0.4 is 0 Å². The Morgan fingerprint density at radius 3 is 2.60 bits per heavy atom. The van der Waals surface area contributed by atoms with Crippen molar-refractivity contribution >= 4 is 5.97 Å². The van der Waals surface area contributed by atoms with Crippen LogP contribution >= 0.6 is 0 Å². The van der Waals surface area contributed by atoms with Gasteiger partial charge in [0.2, 0.25) is 0 Å². The summed E-state index contributed by atoms with van der Waals surface area (Å²) in [5.74, 6) is -0.850. The lowest BCUT2D eigenvalue weighted by Crippen LogP contribution is -2.16. The molecule has 0 fully saturated rings. The summed E-state index contributed by atoms with van der Waals surface area (Å²) in [5.41, 5.74) is 0.922. The van der Waals surface area contributed by atoms with E-state index in [2.05, 4.69) is 0 Å². The monoisotopic (exact) mass is 209 g/mol. The lowest BCUT2D eigenvalue weighted by molar-refractivity contribution is 0.0695. The third-order valence-corrected chi connectivity index (χ3v) is 2.15. The normalized spacial score (nSPS) is 10.6. The second kappa shape index (κ2) is 4.79. The summed E-state index contributed by atoms with van der Waals surface area (Å²) in [5, 5.41) is 18.2. The number of carboxylic acid groups (broad SMARTS) is 1. The summed E-state index contributed by atoms with van der Waals surface area (Å²) in [6, 6.07) is 4.33. The second-order valence-electron chi connectivity index (χ2n) is 3.70. The average Bonchev–Trinajstić information content (AvgIpc) is 2.14. The fourth-order valence-electron chi connectivity index (χ4n) is 1.34. The van der Waals surface area contributed by atoms with E-state index in [9.17, 15) is 9.90 Å². The standard InChI is InChI=1S/C11H15NO3/c1-12(2)6-5-8-7-9(13)3-4-10(8)11(14)15/h3-4,7,13H,5-6H2,1-2H3,(H,14,15). The van der Waals surface area contributed by atoms with Crippen LogP contribution in [0.2, 0.25) is 0 Å². The molecule has 1 rings (SSSR count). The van der Waals surface area contributed by atoms with Crippen molar-refractivity contribution < 1.29 is 15.0 Å². The first kappa shape index (κ1) is 11.5. The minimum Gasteiger partial charge on any atom is -0.508 e. The Labute approximate surface area is 88.8 Å². The fourth-order valence-corrected chi connectivity index (χ4v) is 1.34. The van der Waals surface area contributed by atoms with Gasteiger partial charge in [-0.15, -0.1) is 0 Å². The maximum atomic E-state index is 10.9. The topological polar surface area (TPSA) is 60.8 Å². The quantitative estimate of drug-likeness (QED) is 0.782. The van der Waals surface area contributed by atoms with Gasteiger partial charge in [-0.25, -0.2) is 4.79 Å². The Bertz CT molecular complexity index is 361. The van der Waals surface area contributed by atoms with Crippen LogP contribution in [0.15, 0.2) is 18.2 Å². The molecule has 4 heteroatoms. The van der Waals surface area contributed by atoms with Crippen molar-refractivity contribution in [1.82, 2.24) is 4.90 Å². The molecule has 1 aromatic rings. The molecular weight excluding hydrogens is 194 g/mol. The van der Waals surface area contributed by atoms with E-state index in [1.54, 1.807) is 0 Å². The average molecular weight is 209 g/mol. The molecule has 0 amide bonds. The Kier molecular flexibility index (Phi) is 3.68. The molecule has 0 heterocycles. The highest BCUT2D eigenvalue weighted by atomic mass is 16.4. The van der Waals surface area contributed by atoms with E-state index in [1.807, 2.05) is 19.0 Å². The van der Waals surface area contributed by atoms with Crippen molar-refractivity contribution in [3.8, 4) is 5.75 Å². The number of carboxylic acids is 1. The SMILES string of the molecule is CN(C)CCc1cc(O)ccc1C(=O)O. The number of rotatable bonds is 4. The van der Waals surface area contributed by atoms with E-state index < -0.39 is 5.97 Å². The van der Waals surface area contributed by atoms with Gasteiger partial charge < -0.3 is 15.1 Å². The molecule has 0 aliphatic carbocycles. The molecule has 0 aliphatic rings. The highest BCUT2D eigenvalue weighted by Crippen LogP contribution is 2.17. The number of likely N-dealkylation sites (N-methyl/N-ethyl adjacent to an activating group) is 1. The molecule has 82 valence electrons. The van der Waals surface area contributed by atoms with Crippen LogP contribution in [0.25, 0.3) is 0 Å². The van der Waals surface area contributed by atoms with Crippen molar-refractivity contribution in [2.75, 3.05) is 20.6 Å². The van der Waals surface area contributed by atoms with Crippen molar-refractivity contribution in [2.45, 2.75) is 6.42 Å². The minimum atomic E-state index is -0.955. The largest absolute Gasteiger partial charge is 0.508 e. The Hall–Kier alpha value is -1.55. The zero-order valence-corrected chi connectivity index (χ0v) is 8.90. The van der Waals surface area contributed by atoms with Gasteiger partial charge >= 0.3 is 5.97 Å². The van der Waals surface area contributed by atoms with Gasteiger partial charge in [0, 0.05) is 6.54 Å². The molecule has 0 unspecified atom stereocenters. The minimum absolute atomic E-state index is 0.105. The van der Waals surface area contributed by atoms with E-state index >= 15 is 0 Å². The first-order valence-electron chi connectivity index (χ1n) is 4.70. The second-order valence-corrected chi connectivity index (χ2v) is 3.70. The number of carbonyl (C=O) groups is 1. The van der Waals surface area contributed by atoms with Crippen molar-refractivity contribution in [3.63, 3.8) is 0 Å². The van der Waals surface area contributed by atoms with E-state index in [0.29, 0.717) is 12.0 Å². The van der Waals surface area contributed by atoms with Crippen LogP contribution in [0.3, 0.4) is 0 Å². The van der Waals surface area contributed by atoms with Crippen LogP contribution in [0.5, 0.6) is 5.75 Å². The molecule has 4 nitrogen and oxygen atoms in total. The van der Waals surface area contributed by atoms with Crippen molar-refractivity contribution in [2.24, 2.45) is 0 Å². The molecule has 0 saturated carbocycles. The number of aromatic hydroxyl groups is 1. The molecule has 0 bridgehead atoms. The van der Waals surface area contributed by atoms with Crippen LogP contribution in [0.1, 0.15) is 15.9 Å². The molecule has 0 radical (unpaired) electrons. The lowest BCUT2D eigenvalue weighted by Gasteiger charge is -2.11. The van der Waals surface area contributed by atoms with Gasteiger partial charge in [-0.3, -0.25) is 0 Å². The fraction of sp³-hybridized carbons (Fsp3) is 0.364. The van der Waals surface area contributed by atoms with Crippen LogP contribution in [0, 0.1) is 0 Å². The van der Waals surface area contributed by atoms with Crippen LogP contribution in [0.4, 0.5) is 0 Å². The predicted molar refractivity (Wildman–Crippen MR) is 57.3 cm³/mol. The Morgan fingerprint density at radius 1 is 1.40 bits per heavy atom. The van der Waals surface area contributed by atoms with E-state index in [1.165, 1.54) is 18.2 Å². The van der Waals surface area contributed by atoms with E-state index in [-0.39, 0.29) is 11.3 Å². The van der Waals surface area contributed by atoms with Gasteiger partial charge in [-0.1, -0.05) is 0 Å². The molecule has 0 aromatic heterocycles. The molecule has 15 heavy (non-hydrogen) atoms. The zero-order chi connectivity index (χ0) is 11.4. The first-order valence-corrected chi connectivity index (χ1v) is 4.70. The molecule has 0 atom stereocenters. The number of nitrogens with zero attached hydrogens (tertiary/aromatic N) is 1. The molecule has 0 spiro atoms. The van der Waals surface area contributed by atoms with Gasteiger partial charge in [0.1, 0.15) is 5.75 Å². The summed E-state index contributed by atoms with van der Waals surface area (Å²) >= 11 is 0. The number of phenolic OH excluding ortho intramolecular Hbond substituents is 1. The zero-order valence-electron chi connectivity index (χ0n) is 8.90. The summed E-state index contributed by atoms with van der Waals surface area (Å²) in [4.78, 5) is 12.9. The van der Waals surface area contributed by atoms with Crippen molar-refractivity contribution in [1.29, 1.82) is 0 Å². The van der Waals surface area contributed by atoms with Gasteiger partial charge in [-0.2, -0.15) is 0 Å². The van der Waals surface area contributed by atoms with Gasteiger partial charge in [-0.05, 0) is 44.3 Å². The van der Waals surface area contributed by atoms with Gasteiger partial charge in [0.15, 0.2) is 0 Å². The number of hydrogen-bond acceptors (Lipinski definition) is 3. The Balaban J connectivity index is 2.92. The molecule has 0 aliphatic heterocycles. The maximum Gasteiger partial charge on any atom is 0.335 e. The summed E-state index contributed by atoms with van der Waals surface area (Å²) in [7, 11) is 3.84. The molecular formula is C11H15NO3. The highest BCUT2D eigenvalue weighted by Gasteiger charge is 2.10. The van der Waals surface area contributed by atoms with Gasteiger partial charge in [0.25, 0.3) is 0 Å². The number of hydrogen-bond donors (Lipinski definition) is 2. The highest BCUT2D eigenvalue weighted by molar-refractivity contribution is 5.89. The van der Waals surface area contributed by atoms with Crippen LogP contribution in [-0.4, -0.2) is 41.7 Å². The van der Waals surface area contributed by atoms with E-state index in [0.717, 1.165) is 6.54 Å². The third-order valence-electron chi connectivity index (χ3n) is 2.15. The smallest absolute Gasteiger partial charge is 0.335 e. The van der Waals surface area contributed by atoms with Crippen molar-refractivity contribution in [3.05, 3.63) is 29.3 Å². The summed E-state index contributed by atoms with van der Waals surface area (Å²) < 4.78 is 0. The number of phenols is 1. The molecule has 0 saturated heterocycles. The summed E-state index contributed by atoms with van der Waals surface area (Å²) in [6.45, 7) is 0.754. The van der Waals surface area contributed by atoms with E-state index in [4.69, 9.17) is 5.11 Å². The van der Waals surface area contributed by atoms with Gasteiger partial charge in [0.05, 0.1) is 5.56 Å². The number of aromatic carboxylic acids is 1.